The van der Waals surface area contributed by atoms with Gasteiger partial charge in [0.2, 0.25) is 0 Å². The van der Waals surface area contributed by atoms with Gasteiger partial charge in [0.05, 0.1) is 17.2 Å². The zero-order valence-corrected chi connectivity index (χ0v) is 22.9. The summed E-state index contributed by atoms with van der Waals surface area (Å²) in [4.78, 5) is 25.6. The SMILES string of the molecule is C[C@H](COc1ccc([N+](=O)[O-])cc1)C1=C[C@H](C#C[Si](C)(C)C)N(C(=O)Oc2ccccc2)c2ccccc21. The first kappa shape index (κ1) is 26.7. The Morgan fingerprint density at radius 1 is 1.00 bits per heavy atom. The molecule has 1 aliphatic rings. The van der Waals surface area contributed by atoms with Crippen molar-refractivity contribution in [1.29, 1.82) is 0 Å². The quantitative estimate of drug-likeness (QED) is 0.150. The molecule has 1 aliphatic heterocycles. The second-order valence-corrected chi connectivity index (χ2v) is 14.9. The second-order valence-electron chi connectivity index (χ2n) is 10.1. The Hall–Kier alpha value is -4.35. The Morgan fingerprint density at radius 3 is 2.32 bits per heavy atom. The molecule has 0 aromatic heterocycles. The number of fused-ring (bicyclic) bond motifs is 1. The van der Waals surface area contributed by atoms with Crippen LogP contribution in [0.25, 0.3) is 5.57 Å². The molecule has 0 bridgehead atoms. The van der Waals surface area contributed by atoms with Gasteiger partial charge in [-0.1, -0.05) is 68.9 Å². The monoisotopic (exact) mass is 526 g/mol. The van der Waals surface area contributed by atoms with Gasteiger partial charge >= 0.3 is 6.09 Å². The highest BCUT2D eigenvalue weighted by Crippen LogP contribution is 2.38. The minimum absolute atomic E-state index is 0.0145. The van der Waals surface area contributed by atoms with Gasteiger partial charge in [-0.25, -0.2) is 4.79 Å². The van der Waals surface area contributed by atoms with Gasteiger partial charge in [0.15, 0.2) is 0 Å². The fourth-order valence-electron chi connectivity index (χ4n) is 4.06. The van der Waals surface area contributed by atoms with E-state index in [2.05, 4.69) is 38.0 Å². The molecule has 0 spiro atoms. The molecule has 0 aliphatic carbocycles. The number of amides is 1. The molecule has 194 valence electrons. The fraction of sp³-hybridized carbons (Fsp3) is 0.233. The van der Waals surface area contributed by atoms with Gasteiger partial charge in [0, 0.05) is 23.6 Å². The fourth-order valence-corrected chi connectivity index (χ4v) is 4.64. The average Bonchev–Trinajstić information content (AvgIpc) is 2.90. The van der Waals surface area contributed by atoms with E-state index in [0.717, 1.165) is 16.8 Å². The molecule has 1 heterocycles. The van der Waals surface area contributed by atoms with E-state index in [9.17, 15) is 14.9 Å². The van der Waals surface area contributed by atoms with Crippen molar-refractivity contribution in [2.24, 2.45) is 5.92 Å². The normalized spacial score (nSPS) is 15.3. The summed E-state index contributed by atoms with van der Waals surface area (Å²) in [7, 11) is -1.73. The van der Waals surface area contributed by atoms with Crippen LogP contribution >= 0.6 is 0 Å². The molecule has 7 nitrogen and oxygen atoms in total. The molecule has 0 N–H and O–H groups in total. The maximum Gasteiger partial charge on any atom is 0.421 e. The molecule has 0 radical (unpaired) electrons. The van der Waals surface area contributed by atoms with Crippen molar-refractivity contribution >= 4 is 31.1 Å². The molecule has 3 aromatic rings. The van der Waals surface area contributed by atoms with Crippen LogP contribution in [0, 0.1) is 27.5 Å². The predicted octanol–water partition coefficient (Wildman–Crippen LogP) is 6.96. The van der Waals surface area contributed by atoms with Gasteiger partial charge in [-0.15, -0.1) is 5.54 Å². The number of anilines is 1. The number of hydrogen-bond acceptors (Lipinski definition) is 5. The molecule has 3 aromatic carbocycles. The number of nitro groups is 1. The standard InChI is InChI=1S/C30H30N2O5Si/c1-22(21-36-25-16-14-23(15-17-25)32(34)35)28-20-24(18-19-38(2,3)4)31(29-13-9-8-12-27(28)29)30(33)37-26-10-6-5-7-11-26/h5-17,20,22,24H,21H2,1-4H3/t22-,24+/m1/s1. The van der Waals surface area contributed by atoms with E-state index < -0.39 is 25.1 Å². The maximum atomic E-state index is 13.5. The summed E-state index contributed by atoms with van der Waals surface area (Å²) in [5.74, 6) is 4.32. The number of benzene rings is 3. The van der Waals surface area contributed by atoms with Crippen molar-refractivity contribution in [2.45, 2.75) is 32.6 Å². The first-order valence-electron chi connectivity index (χ1n) is 12.4. The minimum Gasteiger partial charge on any atom is -0.493 e. The lowest BCUT2D eigenvalue weighted by molar-refractivity contribution is -0.384. The number of carbonyl (C=O) groups is 1. The Bertz CT molecular complexity index is 1400. The molecule has 0 unspecified atom stereocenters. The largest absolute Gasteiger partial charge is 0.493 e. The zero-order valence-electron chi connectivity index (χ0n) is 21.9. The van der Waals surface area contributed by atoms with Gasteiger partial charge in [-0.3, -0.25) is 15.0 Å². The van der Waals surface area contributed by atoms with E-state index in [-0.39, 0.29) is 11.6 Å². The van der Waals surface area contributed by atoms with E-state index in [4.69, 9.17) is 9.47 Å². The van der Waals surface area contributed by atoms with E-state index in [0.29, 0.717) is 18.1 Å². The molecule has 0 saturated carbocycles. The van der Waals surface area contributed by atoms with Gasteiger partial charge < -0.3 is 9.47 Å². The first-order chi connectivity index (χ1) is 18.1. The number of non-ortho nitro benzene ring substituents is 1. The van der Waals surface area contributed by atoms with Crippen molar-refractivity contribution < 1.29 is 19.2 Å². The van der Waals surface area contributed by atoms with Crippen molar-refractivity contribution in [3.63, 3.8) is 0 Å². The number of carbonyl (C=O) groups excluding carboxylic acids is 1. The number of ether oxygens (including phenoxy) is 2. The predicted molar refractivity (Wildman–Crippen MR) is 152 cm³/mol. The molecule has 2 atom stereocenters. The molecule has 38 heavy (non-hydrogen) atoms. The number of rotatable bonds is 6. The maximum absolute atomic E-state index is 13.5. The van der Waals surface area contributed by atoms with E-state index >= 15 is 0 Å². The Labute approximate surface area is 223 Å². The third-order valence-corrected chi connectivity index (χ3v) is 6.80. The first-order valence-corrected chi connectivity index (χ1v) is 15.9. The van der Waals surface area contributed by atoms with Gasteiger partial charge in [-0.05, 0) is 42.0 Å². The Morgan fingerprint density at radius 2 is 1.66 bits per heavy atom. The van der Waals surface area contributed by atoms with Crippen molar-refractivity contribution in [3.8, 4) is 23.0 Å². The summed E-state index contributed by atoms with van der Waals surface area (Å²) in [6.07, 6.45) is 1.52. The third kappa shape index (κ3) is 6.50. The minimum atomic E-state index is -1.73. The third-order valence-electron chi connectivity index (χ3n) is 5.91. The van der Waals surface area contributed by atoms with Crippen LogP contribution in [-0.2, 0) is 0 Å². The number of para-hydroxylation sites is 2. The van der Waals surface area contributed by atoms with E-state index in [1.807, 2.05) is 48.5 Å². The second kappa shape index (κ2) is 11.4. The summed E-state index contributed by atoms with van der Waals surface area (Å²) in [6, 6.07) is 22.2. The summed E-state index contributed by atoms with van der Waals surface area (Å²) in [5.41, 5.74) is 6.07. The van der Waals surface area contributed by atoms with Crippen LogP contribution in [0.3, 0.4) is 0 Å². The van der Waals surface area contributed by atoms with Crippen LogP contribution in [0.1, 0.15) is 12.5 Å². The van der Waals surface area contributed by atoms with Crippen LogP contribution in [0.2, 0.25) is 19.6 Å². The van der Waals surface area contributed by atoms with Crippen molar-refractivity contribution in [2.75, 3.05) is 11.5 Å². The smallest absolute Gasteiger partial charge is 0.421 e. The molecule has 0 fully saturated rings. The zero-order chi connectivity index (χ0) is 27.3. The van der Waals surface area contributed by atoms with Gasteiger partial charge in [-0.2, -0.15) is 0 Å². The van der Waals surface area contributed by atoms with E-state index in [1.54, 1.807) is 29.2 Å². The molecule has 1 amide bonds. The summed E-state index contributed by atoms with van der Waals surface area (Å²) < 4.78 is 11.7. The lowest BCUT2D eigenvalue weighted by Gasteiger charge is -2.34. The highest BCUT2D eigenvalue weighted by atomic mass is 28.3. The lowest BCUT2D eigenvalue weighted by Crippen LogP contribution is -2.43. The number of nitro benzene ring substituents is 1. The van der Waals surface area contributed by atoms with Crippen LogP contribution in [-0.4, -0.2) is 31.7 Å². The molecular weight excluding hydrogens is 496 g/mol. The van der Waals surface area contributed by atoms with Gasteiger partial charge in [0.25, 0.3) is 5.69 Å². The van der Waals surface area contributed by atoms with Crippen molar-refractivity contribution in [1.82, 2.24) is 0 Å². The van der Waals surface area contributed by atoms with Crippen molar-refractivity contribution in [3.05, 3.63) is 101 Å². The van der Waals surface area contributed by atoms with Crippen LogP contribution in [0.4, 0.5) is 16.2 Å². The number of hydrogen-bond donors (Lipinski definition) is 0. The van der Waals surface area contributed by atoms with Gasteiger partial charge in [0.1, 0.15) is 25.6 Å². The Kier molecular flexibility index (Phi) is 7.98. The van der Waals surface area contributed by atoms with E-state index in [1.165, 1.54) is 12.1 Å². The van der Waals surface area contributed by atoms with Crippen LogP contribution < -0.4 is 14.4 Å². The molecular formula is C30H30N2O5Si. The molecule has 8 heteroatoms. The molecule has 0 saturated heterocycles. The molecule has 4 rings (SSSR count). The van der Waals surface area contributed by atoms with Crippen LogP contribution in [0.5, 0.6) is 11.5 Å². The summed E-state index contributed by atoms with van der Waals surface area (Å²) in [6.45, 7) is 8.88. The number of nitrogens with zero attached hydrogens (tertiary/aromatic N) is 2. The highest BCUT2D eigenvalue weighted by molar-refractivity contribution is 6.83. The average molecular weight is 527 g/mol. The summed E-state index contributed by atoms with van der Waals surface area (Å²) >= 11 is 0. The summed E-state index contributed by atoms with van der Waals surface area (Å²) in [5, 5.41) is 10.9. The highest BCUT2D eigenvalue weighted by Gasteiger charge is 2.33. The lowest BCUT2D eigenvalue weighted by atomic mass is 9.88. The Balaban J connectivity index is 1.65. The van der Waals surface area contributed by atoms with Crippen LogP contribution in [0.15, 0.2) is 84.9 Å². The topological polar surface area (TPSA) is 81.9 Å².